The van der Waals surface area contributed by atoms with Crippen molar-refractivity contribution in [3.05, 3.63) is 48.0 Å². The molecule has 4 N–H and O–H groups in total. The van der Waals surface area contributed by atoms with E-state index in [4.69, 9.17) is 8.97 Å². The maximum atomic E-state index is 12.5. The second kappa shape index (κ2) is 12.2. The molecule has 11 nitrogen and oxygen atoms in total. The highest BCUT2D eigenvalue weighted by molar-refractivity contribution is 7.85. The number of aromatic amines is 1. The molecule has 1 aliphatic carbocycles. The van der Waals surface area contributed by atoms with Crippen molar-refractivity contribution in [2.24, 2.45) is 5.92 Å². The molecular weight excluding hydrogens is 498 g/mol. The van der Waals surface area contributed by atoms with Gasteiger partial charge in [0.1, 0.15) is 0 Å². The van der Waals surface area contributed by atoms with Gasteiger partial charge in [-0.15, -0.1) is 0 Å². The molecule has 0 aliphatic heterocycles. The number of carbonyl (C=O) groups excluding carboxylic acids is 2. The van der Waals surface area contributed by atoms with Gasteiger partial charge in [-0.3, -0.25) is 19.2 Å². The Bertz CT molecular complexity index is 1250. The second-order valence-corrected chi connectivity index (χ2v) is 10.6. The number of oxazole rings is 1. The number of nitrogens with zero attached hydrogens (tertiary/aromatic N) is 2. The predicted molar refractivity (Wildman–Crippen MR) is 138 cm³/mol. The van der Waals surface area contributed by atoms with Gasteiger partial charge in [-0.1, -0.05) is 26.0 Å². The van der Waals surface area contributed by atoms with Gasteiger partial charge in [0.05, 0.1) is 18.1 Å². The zero-order chi connectivity index (χ0) is 27.2. The van der Waals surface area contributed by atoms with Gasteiger partial charge >= 0.3 is 0 Å². The van der Waals surface area contributed by atoms with Crippen molar-refractivity contribution < 1.29 is 27.0 Å². The summed E-state index contributed by atoms with van der Waals surface area (Å²) >= 11 is 0. The highest BCUT2D eigenvalue weighted by atomic mass is 32.2. The number of amides is 2. The van der Waals surface area contributed by atoms with E-state index in [0.717, 1.165) is 24.0 Å². The highest BCUT2D eigenvalue weighted by Gasteiger charge is 2.29. The number of aromatic nitrogens is 3. The Kier molecular flexibility index (Phi) is 9.22. The van der Waals surface area contributed by atoms with E-state index in [1.54, 1.807) is 6.07 Å². The molecule has 1 aliphatic rings. The van der Waals surface area contributed by atoms with Crippen LogP contribution in [0.5, 0.6) is 0 Å². The van der Waals surface area contributed by atoms with Gasteiger partial charge in [0.25, 0.3) is 21.9 Å². The van der Waals surface area contributed by atoms with E-state index in [1.165, 1.54) is 19.0 Å². The smallest absolute Gasteiger partial charge is 0.288 e. The van der Waals surface area contributed by atoms with E-state index in [2.05, 4.69) is 25.8 Å². The topological polar surface area (TPSA) is 167 Å². The first kappa shape index (κ1) is 28.1. The number of carbonyl (C=O) groups is 2. The number of benzene rings is 1. The van der Waals surface area contributed by atoms with E-state index in [-0.39, 0.29) is 29.7 Å². The van der Waals surface area contributed by atoms with Gasteiger partial charge in [0.15, 0.2) is 5.69 Å². The molecule has 0 spiro atoms. The summed E-state index contributed by atoms with van der Waals surface area (Å²) in [4.78, 5) is 29.1. The van der Waals surface area contributed by atoms with E-state index in [0.29, 0.717) is 29.5 Å². The van der Waals surface area contributed by atoms with Gasteiger partial charge < -0.3 is 15.1 Å². The van der Waals surface area contributed by atoms with Crippen LogP contribution in [0.4, 0.5) is 0 Å². The molecule has 4 rings (SSSR count). The molecule has 0 saturated heterocycles. The lowest BCUT2D eigenvalue weighted by Crippen LogP contribution is -2.34. The summed E-state index contributed by atoms with van der Waals surface area (Å²) in [5.74, 6) is 0.679. The van der Waals surface area contributed by atoms with Crippen LogP contribution in [0.3, 0.4) is 0 Å². The Hall–Kier alpha value is -3.51. The van der Waals surface area contributed by atoms with Crippen LogP contribution in [0, 0.1) is 5.92 Å². The maximum Gasteiger partial charge on any atom is 0.288 e. The summed E-state index contributed by atoms with van der Waals surface area (Å²) in [6.45, 7) is 6.09. The lowest BCUT2D eigenvalue weighted by molar-refractivity contribution is 0.0905. The van der Waals surface area contributed by atoms with Gasteiger partial charge in [-0.05, 0) is 56.7 Å². The first-order chi connectivity index (χ1) is 17.5. The van der Waals surface area contributed by atoms with Gasteiger partial charge in [-0.2, -0.15) is 13.5 Å². The summed E-state index contributed by atoms with van der Waals surface area (Å²) in [7, 11) is -3.67. The second-order valence-electron chi connectivity index (χ2n) is 9.10. The molecule has 2 amide bonds. The largest absolute Gasteiger partial charge is 0.431 e. The Balaban J connectivity index is 0.000000695. The van der Waals surface area contributed by atoms with Crippen molar-refractivity contribution in [3.8, 4) is 22.7 Å². The molecule has 0 radical (unpaired) electrons. The van der Waals surface area contributed by atoms with Crippen molar-refractivity contribution >= 4 is 21.9 Å². The van der Waals surface area contributed by atoms with Crippen molar-refractivity contribution in [3.63, 3.8) is 0 Å². The fraction of sp³-hybridized carbons (Fsp3) is 0.440. The number of H-pyrrole nitrogens is 1. The number of hydrogen-bond donors (Lipinski definition) is 4. The van der Waals surface area contributed by atoms with E-state index in [1.807, 2.05) is 45.0 Å². The Morgan fingerprint density at radius 2 is 1.78 bits per heavy atom. The van der Waals surface area contributed by atoms with Crippen LogP contribution in [0.25, 0.3) is 22.7 Å². The number of nitrogens with one attached hydrogen (secondary N) is 3. The Morgan fingerprint density at radius 3 is 2.41 bits per heavy atom. The fourth-order valence-corrected chi connectivity index (χ4v) is 3.66. The summed E-state index contributed by atoms with van der Waals surface area (Å²) in [6, 6.07) is 9.53. The van der Waals surface area contributed by atoms with Crippen molar-refractivity contribution in [1.82, 2.24) is 25.8 Å². The quantitative estimate of drug-likeness (QED) is 0.303. The van der Waals surface area contributed by atoms with Crippen molar-refractivity contribution in [1.29, 1.82) is 0 Å². The zero-order valence-electron chi connectivity index (χ0n) is 21.3. The maximum absolute atomic E-state index is 12.5. The Morgan fingerprint density at radius 1 is 1.14 bits per heavy atom. The van der Waals surface area contributed by atoms with Crippen LogP contribution in [0.15, 0.2) is 40.9 Å². The first-order valence-corrected chi connectivity index (χ1v) is 14.0. The highest BCUT2D eigenvalue weighted by Crippen LogP contribution is 2.32. The molecule has 1 fully saturated rings. The summed E-state index contributed by atoms with van der Waals surface area (Å²) in [5.41, 5.74) is 2.64. The van der Waals surface area contributed by atoms with Crippen LogP contribution in [0.2, 0.25) is 0 Å². The third kappa shape index (κ3) is 8.53. The molecule has 2 aromatic heterocycles. The van der Waals surface area contributed by atoms with E-state index >= 15 is 0 Å². The van der Waals surface area contributed by atoms with Crippen LogP contribution < -0.4 is 10.6 Å². The van der Waals surface area contributed by atoms with Gasteiger partial charge in [-0.25, -0.2) is 4.98 Å². The minimum absolute atomic E-state index is 0.110. The molecule has 37 heavy (non-hydrogen) atoms. The molecule has 200 valence electrons. The molecule has 1 atom stereocenters. The average Bonchev–Trinajstić information content (AvgIpc) is 3.37. The predicted octanol–water partition coefficient (Wildman–Crippen LogP) is 3.68. The third-order valence-electron chi connectivity index (χ3n) is 5.97. The van der Waals surface area contributed by atoms with Crippen LogP contribution in [-0.2, 0) is 10.1 Å². The summed E-state index contributed by atoms with van der Waals surface area (Å²) in [6.07, 6.45) is 6.21. The molecule has 3 aromatic rings. The normalized spacial score (nSPS) is 14.0. The SMILES string of the molecule is CCC(CC)NC(=O)c1cnc(-c2cccc(-c3cc(C(=O)NC(C)C4CC4)n[nH]3)c2)o1.CS(=O)(=O)O. The number of rotatable bonds is 9. The monoisotopic (exact) mass is 531 g/mol. The van der Waals surface area contributed by atoms with E-state index < -0.39 is 10.1 Å². The lowest BCUT2D eigenvalue weighted by Gasteiger charge is -2.12. The minimum atomic E-state index is -3.67. The molecule has 12 heteroatoms. The average molecular weight is 532 g/mol. The van der Waals surface area contributed by atoms with Gasteiger partial charge in [0.2, 0.25) is 11.7 Å². The minimum Gasteiger partial charge on any atom is -0.431 e. The zero-order valence-corrected chi connectivity index (χ0v) is 22.1. The van der Waals surface area contributed by atoms with E-state index in [9.17, 15) is 18.0 Å². The van der Waals surface area contributed by atoms with Gasteiger partial charge in [0, 0.05) is 23.2 Å². The lowest BCUT2D eigenvalue weighted by atomic mass is 10.1. The van der Waals surface area contributed by atoms with Crippen LogP contribution in [-0.4, -0.2) is 58.3 Å². The van der Waals surface area contributed by atoms with Crippen molar-refractivity contribution in [2.45, 2.75) is 58.5 Å². The standard InChI is InChI=1S/C24H29N5O3.CH4O3S/c1-4-18(5-2)27-23(31)21-13-25-24(32-21)17-8-6-7-16(11-17)19-12-20(29-28-19)22(30)26-14(3)15-9-10-15;1-5(2,3)4/h6-8,11-15,18H,4-5,9-10H2,1-3H3,(H,26,30)(H,27,31)(H,28,29);1H3,(H,2,3,4). The molecular formula is C25H33N5O6S. The molecule has 1 aromatic carbocycles. The first-order valence-electron chi connectivity index (χ1n) is 12.1. The van der Waals surface area contributed by atoms with Crippen LogP contribution >= 0.6 is 0 Å². The fourth-order valence-electron chi connectivity index (χ4n) is 3.66. The Labute approximate surface area is 216 Å². The van der Waals surface area contributed by atoms with Crippen molar-refractivity contribution in [2.75, 3.05) is 6.26 Å². The number of hydrogen-bond acceptors (Lipinski definition) is 7. The molecule has 1 saturated carbocycles. The molecule has 2 heterocycles. The third-order valence-corrected chi connectivity index (χ3v) is 5.97. The summed E-state index contributed by atoms with van der Waals surface area (Å²) in [5, 5.41) is 13.1. The molecule has 0 bridgehead atoms. The van der Waals surface area contributed by atoms with Crippen LogP contribution in [0.1, 0.15) is 67.5 Å². The molecule has 1 unspecified atom stereocenters. The summed E-state index contributed by atoms with van der Waals surface area (Å²) < 4.78 is 31.6.